The standard InChI is InChI=1S/C10H14F2N3O7P/c1-9(11)6(16)10(12,4-21-23(18,19)20)22-7(9)15-3-2-5(13)14-8(15)17/h2-3,6-7,16H,4H2,1H3,(H2,13,14,17)(H2,18,19,20)/t6-,7?,9+,10+/m0/s1. The van der Waals surface area contributed by atoms with E-state index >= 15 is 0 Å². The van der Waals surface area contributed by atoms with Crippen LogP contribution in [0.3, 0.4) is 0 Å². The van der Waals surface area contributed by atoms with Gasteiger partial charge >= 0.3 is 13.5 Å². The Kier molecular flexibility index (Phi) is 4.35. The Balaban J connectivity index is 2.36. The Bertz CT molecular complexity index is 708. The predicted molar refractivity (Wildman–Crippen MR) is 70.4 cm³/mol. The molecule has 2 rings (SSSR count). The minimum atomic E-state index is -5.09. The number of nitrogens with zero attached hydrogens (tertiary/aromatic N) is 2. The van der Waals surface area contributed by atoms with Crippen LogP contribution in [0.1, 0.15) is 13.2 Å². The molecular formula is C10H14F2N3O7P. The number of nitrogen functional groups attached to an aromatic ring is 1. The molecule has 0 spiro atoms. The number of hydrogen-bond donors (Lipinski definition) is 4. The summed E-state index contributed by atoms with van der Waals surface area (Å²) in [7, 11) is -5.09. The number of phosphoric ester groups is 1. The molecule has 23 heavy (non-hydrogen) atoms. The topological polar surface area (TPSA) is 157 Å². The van der Waals surface area contributed by atoms with Crippen LogP contribution in [0.4, 0.5) is 14.6 Å². The maximum absolute atomic E-state index is 14.7. The number of aromatic nitrogens is 2. The zero-order valence-corrected chi connectivity index (χ0v) is 12.6. The van der Waals surface area contributed by atoms with Crippen LogP contribution in [0.5, 0.6) is 0 Å². The van der Waals surface area contributed by atoms with Crippen LogP contribution in [0.25, 0.3) is 0 Å². The van der Waals surface area contributed by atoms with Crippen molar-refractivity contribution in [2.24, 2.45) is 0 Å². The average Bonchev–Trinajstić information content (AvgIpc) is 2.58. The number of rotatable bonds is 4. The molecule has 5 N–H and O–H groups in total. The summed E-state index contributed by atoms with van der Waals surface area (Å²) in [5.74, 6) is -3.46. The number of ether oxygens (including phenoxy) is 1. The monoisotopic (exact) mass is 357 g/mol. The number of phosphoric acid groups is 1. The first-order chi connectivity index (χ1) is 10.4. The molecule has 1 unspecified atom stereocenters. The highest BCUT2D eigenvalue weighted by molar-refractivity contribution is 7.46. The first-order valence-electron chi connectivity index (χ1n) is 6.15. The highest BCUT2D eigenvalue weighted by Crippen LogP contribution is 2.49. The van der Waals surface area contributed by atoms with Gasteiger partial charge in [0.1, 0.15) is 12.4 Å². The first-order valence-corrected chi connectivity index (χ1v) is 7.68. The van der Waals surface area contributed by atoms with E-state index in [1.807, 2.05) is 0 Å². The van der Waals surface area contributed by atoms with Crippen LogP contribution in [-0.4, -0.2) is 48.7 Å². The number of aliphatic hydroxyl groups excluding tert-OH is 1. The SMILES string of the molecule is C[C@]1(F)C(n2ccc(N)nc2=O)O[C@](F)(COP(=O)(O)O)[C@H]1O. The van der Waals surface area contributed by atoms with Crippen LogP contribution in [0.2, 0.25) is 0 Å². The summed E-state index contributed by atoms with van der Waals surface area (Å²) in [6.07, 6.45) is -3.46. The Morgan fingerprint density at radius 2 is 2.17 bits per heavy atom. The van der Waals surface area contributed by atoms with E-state index in [2.05, 4.69) is 9.51 Å². The number of anilines is 1. The van der Waals surface area contributed by atoms with E-state index in [0.29, 0.717) is 4.57 Å². The van der Waals surface area contributed by atoms with E-state index < -0.39 is 44.0 Å². The highest BCUT2D eigenvalue weighted by atomic mass is 31.2. The van der Waals surface area contributed by atoms with Gasteiger partial charge in [-0.1, -0.05) is 0 Å². The van der Waals surface area contributed by atoms with Crippen molar-refractivity contribution in [1.29, 1.82) is 0 Å². The number of halogens is 2. The molecule has 1 aromatic rings. The smallest absolute Gasteiger partial charge is 0.384 e. The molecule has 1 saturated heterocycles. The van der Waals surface area contributed by atoms with Crippen molar-refractivity contribution in [2.75, 3.05) is 12.3 Å². The molecule has 130 valence electrons. The Morgan fingerprint density at radius 1 is 1.57 bits per heavy atom. The molecule has 1 aliphatic rings. The van der Waals surface area contributed by atoms with Gasteiger partial charge in [-0.05, 0) is 13.0 Å². The summed E-state index contributed by atoms with van der Waals surface area (Å²) in [4.78, 5) is 32.2. The Labute approximate surface area is 127 Å². The van der Waals surface area contributed by atoms with Crippen LogP contribution < -0.4 is 11.4 Å². The van der Waals surface area contributed by atoms with E-state index in [0.717, 1.165) is 19.2 Å². The molecule has 0 amide bonds. The first kappa shape index (κ1) is 17.9. The molecule has 0 saturated carbocycles. The lowest BCUT2D eigenvalue weighted by Gasteiger charge is -2.25. The van der Waals surface area contributed by atoms with E-state index in [1.165, 1.54) is 0 Å². The van der Waals surface area contributed by atoms with Crippen molar-refractivity contribution in [2.45, 2.75) is 30.8 Å². The molecule has 0 radical (unpaired) electrons. The van der Waals surface area contributed by atoms with Gasteiger partial charge in [-0.15, -0.1) is 0 Å². The number of nitrogens with two attached hydrogens (primary N) is 1. The normalized spacial score (nSPS) is 34.7. The number of alkyl halides is 2. The fourth-order valence-corrected chi connectivity index (χ4v) is 2.48. The van der Waals surface area contributed by atoms with Crippen LogP contribution >= 0.6 is 7.82 Å². The van der Waals surface area contributed by atoms with E-state index in [-0.39, 0.29) is 5.82 Å². The molecule has 13 heteroatoms. The number of hydrogen-bond acceptors (Lipinski definition) is 7. The molecule has 2 heterocycles. The molecule has 0 bridgehead atoms. The fraction of sp³-hybridized carbons (Fsp3) is 0.600. The lowest BCUT2D eigenvalue weighted by Crippen LogP contribution is -2.47. The molecule has 4 atom stereocenters. The van der Waals surface area contributed by atoms with Crippen molar-refractivity contribution in [3.63, 3.8) is 0 Å². The lowest BCUT2D eigenvalue weighted by atomic mass is 9.97. The van der Waals surface area contributed by atoms with Gasteiger partial charge in [0.05, 0.1) is 0 Å². The van der Waals surface area contributed by atoms with Crippen LogP contribution in [-0.2, 0) is 13.8 Å². The third-order valence-corrected chi connectivity index (χ3v) is 3.73. The van der Waals surface area contributed by atoms with Crippen LogP contribution in [0.15, 0.2) is 17.1 Å². The second-order valence-corrected chi connectivity index (χ2v) is 6.36. The quantitative estimate of drug-likeness (QED) is 0.507. The summed E-state index contributed by atoms with van der Waals surface area (Å²) < 4.78 is 49.0. The molecule has 1 fully saturated rings. The van der Waals surface area contributed by atoms with Crippen molar-refractivity contribution in [1.82, 2.24) is 9.55 Å². The van der Waals surface area contributed by atoms with Crippen molar-refractivity contribution < 1.29 is 37.5 Å². The van der Waals surface area contributed by atoms with Gasteiger partial charge in [-0.2, -0.15) is 4.98 Å². The minimum Gasteiger partial charge on any atom is -0.384 e. The fourth-order valence-electron chi connectivity index (χ4n) is 2.14. The van der Waals surface area contributed by atoms with E-state index in [9.17, 15) is 23.2 Å². The van der Waals surface area contributed by atoms with Gasteiger partial charge in [-0.3, -0.25) is 9.09 Å². The summed E-state index contributed by atoms with van der Waals surface area (Å²) in [6, 6.07) is 1.12. The number of aliphatic hydroxyl groups is 1. The lowest BCUT2D eigenvalue weighted by molar-refractivity contribution is -0.205. The Morgan fingerprint density at radius 3 is 2.70 bits per heavy atom. The van der Waals surface area contributed by atoms with Gasteiger partial charge in [0.25, 0.3) is 5.85 Å². The zero-order valence-electron chi connectivity index (χ0n) is 11.7. The van der Waals surface area contributed by atoms with Gasteiger partial charge in [-0.25, -0.2) is 18.1 Å². The molecule has 1 aliphatic heterocycles. The summed E-state index contributed by atoms with van der Waals surface area (Å²) in [6.45, 7) is -0.699. The second-order valence-electron chi connectivity index (χ2n) is 5.12. The average molecular weight is 357 g/mol. The minimum absolute atomic E-state index is 0.165. The molecule has 0 aliphatic carbocycles. The largest absolute Gasteiger partial charge is 0.469 e. The van der Waals surface area contributed by atoms with E-state index in [4.69, 9.17) is 20.3 Å². The predicted octanol–water partition coefficient (Wildman–Crippen LogP) is -0.781. The summed E-state index contributed by atoms with van der Waals surface area (Å²) in [5, 5.41) is 9.78. The molecular weight excluding hydrogens is 343 g/mol. The summed E-state index contributed by atoms with van der Waals surface area (Å²) >= 11 is 0. The van der Waals surface area contributed by atoms with Gasteiger partial charge < -0.3 is 25.4 Å². The van der Waals surface area contributed by atoms with E-state index in [1.54, 1.807) is 0 Å². The van der Waals surface area contributed by atoms with Crippen molar-refractivity contribution in [3.05, 3.63) is 22.7 Å². The van der Waals surface area contributed by atoms with Gasteiger partial charge in [0.15, 0.2) is 18.0 Å². The van der Waals surface area contributed by atoms with Gasteiger partial charge in [0, 0.05) is 6.20 Å². The van der Waals surface area contributed by atoms with Crippen LogP contribution in [0, 0.1) is 0 Å². The molecule has 0 aromatic carbocycles. The van der Waals surface area contributed by atoms with Crippen molar-refractivity contribution >= 4 is 13.6 Å². The maximum Gasteiger partial charge on any atom is 0.469 e. The second kappa shape index (κ2) is 5.58. The summed E-state index contributed by atoms with van der Waals surface area (Å²) in [5.41, 5.74) is 1.39. The maximum atomic E-state index is 14.7. The third-order valence-electron chi connectivity index (χ3n) is 3.27. The molecule has 1 aromatic heterocycles. The van der Waals surface area contributed by atoms with Gasteiger partial charge in [0.2, 0.25) is 0 Å². The molecule has 10 nitrogen and oxygen atoms in total. The third kappa shape index (κ3) is 3.42. The zero-order chi connectivity index (χ0) is 17.6. The van der Waals surface area contributed by atoms with Crippen molar-refractivity contribution in [3.8, 4) is 0 Å². The Hall–Kier alpha value is -1.43. The highest BCUT2D eigenvalue weighted by Gasteiger charge is 2.65.